The molecule has 4 aromatic rings. The number of H-pyrrole nitrogens is 1. The van der Waals surface area contributed by atoms with E-state index in [4.69, 9.17) is 4.55 Å². The van der Waals surface area contributed by atoms with E-state index in [9.17, 15) is 9.00 Å². The highest BCUT2D eigenvalue weighted by molar-refractivity contribution is 7.81. The van der Waals surface area contributed by atoms with E-state index in [0.29, 0.717) is 11.2 Å². The zero-order valence-corrected chi connectivity index (χ0v) is 13.7. The number of hydrogen-bond donors (Lipinski definition) is 2. The van der Waals surface area contributed by atoms with Crippen LogP contribution in [0.3, 0.4) is 0 Å². The van der Waals surface area contributed by atoms with Crippen molar-refractivity contribution in [2.75, 3.05) is 0 Å². The van der Waals surface area contributed by atoms with Crippen molar-refractivity contribution in [3.8, 4) is 22.6 Å². The van der Waals surface area contributed by atoms with Crippen LogP contribution < -0.4 is 5.56 Å². The van der Waals surface area contributed by atoms with Gasteiger partial charge < -0.3 is 9.54 Å². The van der Waals surface area contributed by atoms with Crippen LogP contribution in [-0.4, -0.2) is 28.3 Å². The van der Waals surface area contributed by atoms with Gasteiger partial charge in [0.1, 0.15) is 11.2 Å². The molecular weight excluding hydrogens is 348 g/mol. The number of hydrogen-bond acceptors (Lipinski definition) is 5. The van der Waals surface area contributed by atoms with Gasteiger partial charge in [-0.25, -0.2) is 13.7 Å². The predicted octanol–water partition coefficient (Wildman–Crippen LogP) is 2.39. The van der Waals surface area contributed by atoms with Gasteiger partial charge in [0.15, 0.2) is 5.82 Å². The fourth-order valence-corrected chi connectivity index (χ4v) is 3.62. The molecule has 120 valence electrons. The summed E-state index contributed by atoms with van der Waals surface area (Å²) in [6, 6.07) is 11.4. The maximum atomic E-state index is 12.5. The van der Waals surface area contributed by atoms with Gasteiger partial charge in [0, 0.05) is 17.1 Å². The lowest BCUT2D eigenvalue weighted by molar-refractivity contribution is 0.563. The second kappa shape index (κ2) is 5.78. The normalized spacial score (nSPS) is 12.5. The number of thiazole rings is 1. The number of aromatic nitrogens is 4. The molecule has 2 N–H and O–H groups in total. The Balaban J connectivity index is 1.87. The zero-order chi connectivity index (χ0) is 16.7. The minimum atomic E-state index is -2.15. The Morgan fingerprint density at radius 3 is 2.71 bits per heavy atom. The summed E-state index contributed by atoms with van der Waals surface area (Å²) in [7, 11) is 0. The van der Waals surface area contributed by atoms with Crippen LogP contribution in [0.4, 0.5) is 0 Å². The molecule has 7 nitrogen and oxygen atoms in total. The third-order valence-corrected chi connectivity index (χ3v) is 5.22. The Kier molecular flexibility index (Phi) is 3.60. The Labute approximate surface area is 141 Å². The first-order chi connectivity index (χ1) is 11.6. The smallest absolute Gasteiger partial charge is 0.276 e. The van der Waals surface area contributed by atoms with Gasteiger partial charge in [-0.2, -0.15) is 0 Å². The molecule has 0 bridgehead atoms. The van der Waals surface area contributed by atoms with Gasteiger partial charge in [-0.15, -0.1) is 16.4 Å². The van der Waals surface area contributed by atoms with Crippen LogP contribution in [0.25, 0.3) is 28.2 Å². The average Bonchev–Trinajstić information content (AvgIpc) is 3.23. The van der Waals surface area contributed by atoms with Gasteiger partial charge in [-0.3, -0.25) is 4.79 Å². The second-order valence-corrected chi connectivity index (χ2v) is 6.94. The monoisotopic (exact) mass is 358 g/mol. The Morgan fingerprint density at radius 2 is 2.00 bits per heavy atom. The van der Waals surface area contributed by atoms with Crippen molar-refractivity contribution in [1.29, 1.82) is 0 Å². The van der Waals surface area contributed by atoms with Gasteiger partial charge in [-0.05, 0) is 11.6 Å². The standard InChI is InChI=1S/C15H10N4O3S2/c20-14-12-10(9-4-2-1-3-5-9)6-7-19(12)18-13(17-14)11-8-23-15(16-11)24(21)22/h1-8H,(H,21,22)(H,17,18,20). The summed E-state index contributed by atoms with van der Waals surface area (Å²) in [6.45, 7) is 0. The maximum Gasteiger partial charge on any atom is 0.276 e. The molecule has 0 saturated carbocycles. The van der Waals surface area contributed by atoms with Crippen molar-refractivity contribution in [2.24, 2.45) is 0 Å². The highest BCUT2D eigenvalue weighted by atomic mass is 32.2. The first-order valence-corrected chi connectivity index (χ1v) is 8.86. The molecule has 0 aliphatic carbocycles. The topological polar surface area (TPSA) is 100 Å². The molecule has 4 rings (SSSR count). The molecule has 0 aliphatic rings. The molecule has 1 aromatic carbocycles. The van der Waals surface area contributed by atoms with E-state index in [-0.39, 0.29) is 15.7 Å². The van der Waals surface area contributed by atoms with Crippen molar-refractivity contribution >= 4 is 27.9 Å². The predicted molar refractivity (Wildman–Crippen MR) is 91.4 cm³/mol. The van der Waals surface area contributed by atoms with E-state index in [1.165, 1.54) is 4.52 Å². The molecule has 9 heteroatoms. The molecule has 0 spiro atoms. The van der Waals surface area contributed by atoms with Gasteiger partial charge in [0.25, 0.3) is 5.56 Å². The SMILES string of the molecule is O=c1[nH]c(-c2csc(S(=O)O)n2)nn2ccc(-c3ccccc3)c12. The Bertz CT molecular complexity index is 1110. The first kappa shape index (κ1) is 14.9. The lowest BCUT2D eigenvalue weighted by Gasteiger charge is -2.01. The molecule has 24 heavy (non-hydrogen) atoms. The van der Waals surface area contributed by atoms with Crippen molar-refractivity contribution in [2.45, 2.75) is 4.34 Å². The van der Waals surface area contributed by atoms with E-state index >= 15 is 0 Å². The maximum absolute atomic E-state index is 12.5. The van der Waals surface area contributed by atoms with Crippen molar-refractivity contribution < 1.29 is 8.76 Å². The minimum absolute atomic E-state index is 0.0604. The number of aromatic amines is 1. The van der Waals surface area contributed by atoms with E-state index in [1.807, 2.05) is 36.4 Å². The number of fused-ring (bicyclic) bond motifs is 1. The van der Waals surface area contributed by atoms with Crippen LogP contribution in [0.5, 0.6) is 0 Å². The fourth-order valence-electron chi connectivity index (χ4n) is 2.44. The van der Waals surface area contributed by atoms with Crippen molar-refractivity contribution in [1.82, 2.24) is 19.6 Å². The number of nitrogens with zero attached hydrogens (tertiary/aromatic N) is 3. The molecule has 0 fully saturated rings. The number of rotatable bonds is 3. The molecule has 0 amide bonds. The molecular formula is C15H10N4O3S2. The Morgan fingerprint density at radius 1 is 1.21 bits per heavy atom. The molecule has 1 unspecified atom stereocenters. The van der Waals surface area contributed by atoms with Gasteiger partial charge in [-0.1, -0.05) is 30.3 Å². The van der Waals surface area contributed by atoms with Crippen molar-refractivity contribution in [3.63, 3.8) is 0 Å². The van der Waals surface area contributed by atoms with E-state index in [2.05, 4.69) is 15.1 Å². The third kappa shape index (κ3) is 2.48. The summed E-state index contributed by atoms with van der Waals surface area (Å²) in [6.07, 6.45) is 1.70. The highest BCUT2D eigenvalue weighted by Crippen LogP contribution is 2.24. The third-order valence-electron chi connectivity index (χ3n) is 3.48. The summed E-state index contributed by atoms with van der Waals surface area (Å²) >= 11 is -1.12. The number of nitrogens with one attached hydrogen (secondary N) is 1. The van der Waals surface area contributed by atoms with Gasteiger partial charge in [0.05, 0.1) is 0 Å². The summed E-state index contributed by atoms with van der Waals surface area (Å²) in [5.74, 6) is 0.246. The van der Waals surface area contributed by atoms with Gasteiger partial charge >= 0.3 is 0 Å². The second-order valence-electron chi connectivity index (χ2n) is 4.94. The molecule has 0 saturated heterocycles. The molecule has 3 heterocycles. The molecule has 1 atom stereocenters. The summed E-state index contributed by atoms with van der Waals surface area (Å²) < 4.78 is 21.7. The summed E-state index contributed by atoms with van der Waals surface area (Å²) in [4.78, 5) is 19.2. The summed E-state index contributed by atoms with van der Waals surface area (Å²) in [5.41, 5.74) is 2.19. The van der Waals surface area contributed by atoms with Crippen LogP contribution in [-0.2, 0) is 11.1 Å². The van der Waals surface area contributed by atoms with Crippen LogP contribution in [0.15, 0.2) is 57.1 Å². The molecule has 0 aliphatic heterocycles. The molecule has 3 aromatic heterocycles. The summed E-state index contributed by atoms with van der Waals surface area (Å²) in [5, 5.41) is 5.93. The van der Waals surface area contributed by atoms with E-state index in [0.717, 1.165) is 22.5 Å². The number of benzene rings is 1. The van der Waals surface area contributed by atoms with Crippen LogP contribution in [0.2, 0.25) is 0 Å². The van der Waals surface area contributed by atoms with Crippen LogP contribution in [0, 0.1) is 0 Å². The van der Waals surface area contributed by atoms with Crippen LogP contribution >= 0.6 is 11.3 Å². The van der Waals surface area contributed by atoms with E-state index in [1.54, 1.807) is 11.6 Å². The van der Waals surface area contributed by atoms with Crippen molar-refractivity contribution in [3.05, 3.63) is 58.3 Å². The van der Waals surface area contributed by atoms with E-state index < -0.39 is 11.1 Å². The van der Waals surface area contributed by atoms with Crippen LogP contribution in [0.1, 0.15) is 0 Å². The average molecular weight is 358 g/mol. The quantitative estimate of drug-likeness (QED) is 0.548. The largest absolute Gasteiger partial charge is 0.302 e. The molecule has 0 radical (unpaired) electrons. The highest BCUT2D eigenvalue weighted by Gasteiger charge is 2.15. The fraction of sp³-hybridized carbons (Fsp3) is 0. The van der Waals surface area contributed by atoms with Gasteiger partial charge in [0.2, 0.25) is 15.4 Å². The first-order valence-electron chi connectivity index (χ1n) is 6.87. The zero-order valence-electron chi connectivity index (χ0n) is 12.0. The Hall–Kier alpha value is -2.62. The lowest BCUT2D eigenvalue weighted by atomic mass is 10.1. The minimum Gasteiger partial charge on any atom is -0.302 e. The lowest BCUT2D eigenvalue weighted by Crippen LogP contribution is -2.14.